The summed E-state index contributed by atoms with van der Waals surface area (Å²) in [7, 11) is 0. The van der Waals surface area contributed by atoms with Crippen LogP contribution in [0, 0.1) is 0 Å². The second kappa shape index (κ2) is 7.38. The zero-order chi connectivity index (χ0) is 12.7. The summed E-state index contributed by atoms with van der Waals surface area (Å²) in [4.78, 5) is 12.4. The predicted molar refractivity (Wildman–Crippen MR) is 74.3 cm³/mol. The van der Waals surface area contributed by atoms with Crippen molar-refractivity contribution in [3.8, 4) is 0 Å². The number of hydrogen-bond donors (Lipinski definition) is 1. The van der Waals surface area contributed by atoms with Crippen molar-refractivity contribution in [2.75, 3.05) is 0 Å². The molecule has 1 N–H and O–H groups in total. The van der Waals surface area contributed by atoms with Gasteiger partial charge in [0.25, 0.3) is 0 Å². The normalized spacial score (nSPS) is 14.1. The molecule has 0 radical (unpaired) electrons. The van der Waals surface area contributed by atoms with E-state index in [-0.39, 0.29) is 11.9 Å². The fourth-order valence-corrected chi connectivity index (χ4v) is 2.90. The van der Waals surface area contributed by atoms with Gasteiger partial charge in [0.1, 0.15) is 0 Å². The zero-order valence-electron chi connectivity index (χ0n) is 10.8. The summed E-state index contributed by atoms with van der Waals surface area (Å²) >= 11 is 1.82. The second-order valence-electron chi connectivity index (χ2n) is 4.23. The first-order chi connectivity index (χ1) is 8.13. The summed E-state index contributed by atoms with van der Waals surface area (Å²) in [6, 6.07) is 10.6. The van der Waals surface area contributed by atoms with Gasteiger partial charge in [0.2, 0.25) is 5.91 Å². The van der Waals surface area contributed by atoms with E-state index in [1.807, 2.05) is 30.0 Å². The summed E-state index contributed by atoms with van der Waals surface area (Å²) in [5, 5.41) is 3.43. The Morgan fingerprint density at radius 1 is 1.35 bits per heavy atom. The molecule has 0 aromatic heterocycles. The van der Waals surface area contributed by atoms with E-state index >= 15 is 0 Å². The quantitative estimate of drug-likeness (QED) is 0.784. The van der Waals surface area contributed by atoms with Gasteiger partial charge in [-0.1, -0.05) is 38.5 Å². The van der Waals surface area contributed by atoms with E-state index in [1.54, 1.807) is 6.92 Å². The Labute approximate surface area is 108 Å². The first-order valence-electron chi connectivity index (χ1n) is 6.12. The molecule has 0 aliphatic heterocycles. The van der Waals surface area contributed by atoms with Gasteiger partial charge in [-0.25, -0.2) is 0 Å². The summed E-state index contributed by atoms with van der Waals surface area (Å²) in [5.74, 6) is 0.0592. The topological polar surface area (TPSA) is 29.1 Å². The minimum absolute atomic E-state index is 0.0592. The fourth-order valence-electron chi connectivity index (χ4n) is 1.79. The average molecular weight is 251 g/mol. The van der Waals surface area contributed by atoms with Crippen molar-refractivity contribution >= 4 is 17.7 Å². The lowest BCUT2D eigenvalue weighted by molar-refractivity contribution is -0.119. The first kappa shape index (κ1) is 14.1. The lowest BCUT2D eigenvalue weighted by Gasteiger charge is -2.23. The molecule has 1 amide bonds. The monoisotopic (exact) mass is 251 g/mol. The number of hydrogen-bond acceptors (Lipinski definition) is 2. The van der Waals surface area contributed by atoms with Gasteiger partial charge < -0.3 is 5.32 Å². The molecule has 2 unspecified atom stereocenters. The van der Waals surface area contributed by atoms with Gasteiger partial charge in [-0.15, -0.1) is 11.8 Å². The molecule has 0 aliphatic rings. The highest BCUT2D eigenvalue weighted by Gasteiger charge is 2.18. The molecule has 17 heavy (non-hydrogen) atoms. The van der Waals surface area contributed by atoms with Crippen molar-refractivity contribution in [1.29, 1.82) is 0 Å². The molecular formula is C14H21NOS. The Morgan fingerprint density at radius 2 is 2.00 bits per heavy atom. The van der Waals surface area contributed by atoms with Crippen molar-refractivity contribution in [3.05, 3.63) is 30.3 Å². The smallest absolute Gasteiger partial charge is 0.217 e. The van der Waals surface area contributed by atoms with Gasteiger partial charge >= 0.3 is 0 Å². The molecule has 2 atom stereocenters. The number of benzene rings is 1. The molecule has 1 aromatic rings. The molecule has 0 heterocycles. The van der Waals surface area contributed by atoms with Crippen molar-refractivity contribution < 1.29 is 4.79 Å². The Morgan fingerprint density at radius 3 is 2.53 bits per heavy atom. The number of carbonyl (C=O) groups is 1. The highest BCUT2D eigenvalue weighted by Crippen LogP contribution is 2.26. The highest BCUT2D eigenvalue weighted by atomic mass is 32.2. The van der Waals surface area contributed by atoms with E-state index in [0.29, 0.717) is 5.25 Å². The molecule has 3 heteroatoms. The van der Waals surface area contributed by atoms with Gasteiger partial charge in [0.15, 0.2) is 0 Å². The largest absolute Gasteiger partial charge is 0.352 e. The van der Waals surface area contributed by atoms with Crippen LogP contribution in [0.2, 0.25) is 0 Å². The summed E-state index contributed by atoms with van der Waals surface area (Å²) < 4.78 is 0. The molecule has 2 nitrogen and oxygen atoms in total. The van der Waals surface area contributed by atoms with E-state index < -0.39 is 0 Å². The Bertz CT molecular complexity index is 339. The summed E-state index contributed by atoms with van der Waals surface area (Å²) in [6.45, 7) is 5.91. The van der Waals surface area contributed by atoms with Gasteiger partial charge in [0.05, 0.1) is 0 Å². The molecule has 94 valence electrons. The number of rotatable bonds is 6. The number of thioether (sulfide) groups is 1. The van der Waals surface area contributed by atoms with Gasteiger partial charge in [-0.2, -0.15) is 0 Å². The van der Waals surface area contributed by atoms with Gasteiger partial charge in [0, 0.05) is 23.1 Å². The molecule has 1 aromatic carbocycles. The third-order valence-electron chi connectivity index (χ3n) is 2.62. The van der Waals surface area contributed by atoms with Crippen LogP contribution in [-0.4, -0.2) is 17.2 Å². The Balaban J connectivity index is 2.58. The maximum atomic E-state index is 11.2. The van der Waals surface area contributed by atoms with Crippen LogP contribution < -0.4 is 5.32 Å². The van der Waals surface area contributed by atoms with E-state index in [9.17, 15) is 4.79 Å². The van der Waals surface area contributed by atoms with Crippen LogP contribution in [0.3, 0.4) is 0 Å². The predicted octanol–water partition coefficient (Wildman–Crippen LogP) is 3.47. The van der Waals surface area contributed by atoms with E-state index in [1.165, 1.54) is 4.90 Å². The molecule has 0 saturated carbocycles. The number of nitrogens with one attached hydrogen (secondary N) is 1. The second-order valence-corrected chi connectivity index (χ2v) is 5.68. The zero-order valence-corrected chi connectivity index (χ0v) is 11.6. The van der Waals surface area contributed by atoms with Crippen LogP contribution >= 0.6 is 11.8 Å². The first-order valence-corrected chi connectivity index (χ1v) is 7.00. The van der Waals surface area contributed by atoms with E-state index in [4.69, 9.17) is 0 Å². The minimum Gasteiger partial charge on any atom is -0.352 e. The lowest BCUT2D eigenvalue weighted by atomic mass is 10.1. The molecular weight excluding hydrogens is 230 g/mol. The Kier molecular flexibility index (Phi) is 6.12. The van der Waals surface area contributed by atoms with E-state index in [0.717, 1.165) is 12.8 Å². The van der Waals surface area contributed by atoms with Crippen LogP contribution in [0.5, 0.6) is 0 Å². The molecule has 0 saturated heterocycles. The lowest BCUT2D eigenvalue weighted by Crippen LogP contribution is -2.39. The van der Waals surface area contributed by atoms with Gasteiger partial charge in [-0.3, -0.25) is 4.79 Å². The van der Waals surface area contributed by atoms with Crippen molar-refractivity contribution in [2.24, 2.45) is 0 Å². The highest BCUT2D eigenvalue weighted by molar-refractivity contribution is 8.00. The molecule has 0 bridgehead atoms. The van der Waals surface area contributed by atoms with Crippen LogP contribution in [-0.2, 0) is 4.79 Å². The maximum absolute atomic E-state index is 11.2. The van der Waals surface area contributed by atoms with Crippen LogP contribution in [0.4, 0.5) is 0 Å². The van der Waals surface area contributed by atoms with Crippen molar-refractivity contribution in [2.45, 2.75) is 49.8 Å². The summed E-state index contributed by atoms with van der Waals surface area (Å²) in [5.41, 5.74) is 0. The molecule has 0 aliphatic carbocycles. The maximum Gasteiger partial charge on any atom is 0.217 e. The van der Waals surface area contributed by atoms with Gasteiger partial charge in [-0.05, 0) is 18.6 Å². The number of amides is 1. The van der Waals surface area contributed by atoms with Crippen LogP contribution in [0.25, 0.3) is 0 Å². The number of carbonyl (C=O) groups excluding carboxylic acids is 1. The van der Waals surface area contributed by atoms with Crippen molar-refractivity contribution in [3.63, 3.8) is 0 Å². The van der Waals surface area contributed by atoms with Crippen LogP contribution in [0.15, 0.2) is 35.2 Å². The van der Waals surface area contributed by atoms with Crippen molar-refractivity contribution in [1.82, 2.24) is 5.32 Å². The third-order valence-corrected chi connectivity index (χ3v) is 3.86. The minimum atomic E-state index is 0.0592. The van der Waals surface area contributed by atoms with Crippen LogP contribution in [0.1, 0.15) is 33.6 Å². The standard InChI is InChI=1S/C14H21NOS/c1-4-8-14(15-12(3)16)11(2)17-13-9-6-5-7-10-13/h5-7,9-11,14H,4,8H2,1-3H3,(H,15,16). The summed E-state index contributed by atoms with van der Waals surface area (Å²) in [6.07, 6.45) is 2.12. The average Bonchev–Trinajstić information content (AvgIpc) is 2.29. The Hall–Kier alpha value is -0.960. The third kappa shape index (κ3) is 5.26. The SMILES string of the molecule is CCCC(NC(C)=O)C(C)Sc1ccccc1. The van der Waals surface area contributed by atoms with E-state index in [2.05, 4.69) is 31.3 Å². The molecule has 0 fully saturated rings. The molecule has 0 spiro atoms. The fraction of sp³-hybridized carbons (Fsp3) is 0.500. The molecule has 1 rings (SSSR count).